The normalized spacial score (nSPS) is 44.4. The average Bonchev–Trinajstić information content (AvgIpc) is 2.83. The summed E-state index contributed by atoms with van der Waals surface area (Å²) in [5.41, 5.74) is 5.40. The van der Waals surface area contributed by atoms with Crippen molar-refractivity contribution in [1.82, 2.24) is 5.32 Å². The zero-order valence-corrected chi connectivity index (χ0v) is 9.26. The maximum absolute atomic E-state index is 12.6. The van der Waals surface area contributed by atoms with Gasteiger partial charge in [-0.15, -0.1) is 11.6 Å². The molecule has 2 rings (SSSR count). The number of halogens is 4. The molecule has 0 aromatic heterocycles. The summed E-state index contributed by atoms with van der Waals surface area (Å²) in [6.07, 6.45) is -3.88. The van der Waals surface area contributed by atoms with Gasteiger partial charge in [0.1, 0.15) is 6.23 Å². The summed E-state index contributed by atoms with van der Waals surface area (Å²) < 4.78 is 42.8. The van der Waals surface area contributed by atoms with Crippen molar-refractivity contribution in [1.29, 1.82) is 0 Å². The number of nitrogens with one attached hydrogen (secondary N) is 1. The van der Waals surface area contributed by atoms with Crippen molar-refractivity contribution >= 4 is 11.6 Å². The second-order valence-corrected chi connectivity index (χ2v) is 4.92. The van der Waals surface area contributed by atoms with E-state index < -0.39 is 17.5 Å². The lowest BCUT2D eigenvalue weighted by Gasteiger charge is -2.34. The Balaban J connectivity index is 1.89. The first-order valence-corrected chi connectivity index (χ1v) is 5.69. The molecule has 7 heteroatoms. The third kappa shape index (κ3) is 2.80. The molecule has 3 nitrogen and oxygen atoms in total. The molecule has 0 radical (unpaired) electrons. The number of alkyl halides is 4. The number of epoxide rings is 1. The van der Waals surface area contributed by atoms with Gasteiger partial charge in [-0.05, 0) is 19.3 Å². The van der Waals surface area contributed by atoms with Gasteiger partial charge in [0.25, 0.3) is 0 Å². The van der Waals surface area contributed by atoms with E-state index >= 15 is 0 Å². The van der Waals surface area contributed by atoms with E-state index in [0.29, 0.717) is 12.8 Å². The standard InChI is InChI=1S/C9H14ClF3N2O/c10-6-2-1-4(15-8-7(14)16-8)3-5(6)9(11,12)13/h4-8,15H,1-3,14H2. The quantitative estimate of drug-likeness (QED) is 0.584. The number of rotatable bonds is 2. The Kier molecular flexibility index (Phi) is 3.36. The van der Waals surface area contributed by atoms with Gasteiger partial charge >= 0.3 is 6.18 Å². The van der Waals surface area contributed by atoms with Crippen molar-refractivity contribution in [2.75, 3.05) is 0 Å². The molecule has 0 spiro atoms. The van der Waals surface area contributed by atoms with Crippen LogP contribution in [0, 0.1) is 5.92 Å². The van der Waals surface area contributed by atoms with Crippen LogP contribution in [0.2, 0.25) is 0 Å². The number of nitrogens with two attached hydrogens (primary N) is 1. The third-order valence-electron chi connectivity index (χ3n) is 3.11. The van der Waals surface area contributed by atoms with E-state index in [1.807, 2.05) is 0 Å². The van der Waals surface area contributed by atoms with Crippen molar-refractivity contribution in [3.05, 3.63) is 0 Å². The summed E-state index contributed by atoms with van der Waals surface area (Å²) in [6.45, 7) is 0. The van der Waals surface area contributed by atoms with E-state index in [9.17, 15) is 13.2 Å². The second-order valence-electron chi connectivity index (χ2n) is 4.36. The van der Waals surface area contributed by atoms with Gasteiger partial charge in [0.05, 0.1) is 5.92 Å². The number of hydrogen-bond acceptors (Lipinski definition) is 3. The fourth-order valence-corrected chi connectivity index (χ4v) is 2.49. The van der Waals surface area contributed by atoms with E-state index in [1.54, 1.807) is 0 Å². The summed E-state index contributed by atoms with van der Waals surface area (Å²) in [5.74, 6) is -1.43. The molecule has 16 heavy (non-hydrogen) atoms. The topological polar surface area (TPSA) is 50.6 Å². The van der Waals surface area contributed by atoms with E-state index in [-0.39, 0.29) is 24.9 Å². The van der Waals surface area contributed by atoms with Crippen LogP contribution in [-0.4, -0.2) is 30.1 Å². The van der Waals surface area contributed by atoms with Gasteiger partial charge in [-0.1, -0.05) is 0 Å². The summed E-state index contributed by atoms with van der Waals surface area (Å²) in [5, 5.41) is 2.15. The third-order valence-corrected chi connectivity index (χ3v) is 3.63. The molecule has 94 valence electrons. The first-order valence-electron chi connectivity index (χ1n) is 5.26. The van der Waals surface area contributed by atoms with Crippen LogP contribution < -0.4 is 11.1 Å². The minimum absolute atomic E-state index is 0.00421. The number of ether oxygens (including phenoxy) is 1. The Labute approximate surface area is 96.5 Å². The van der Waals surface area contributed by atoms with Gasteiger partial charge < -0.3 is 10.5 Å². The lowest BCUT2D eigenvalue weighted by Crippen LogP contribution is -2.45. The lowest BCUT2D eigenvalue weighted by atomic mass is 9.85. The van der Waals surface area contributed by atoms with Gasteiger partial charge in [0.15, 0.2) is 6.23 Å². The first-order chi connectivity index (χ1) is 7.38. The zero-order chi connectivity index (χ0) is 11.9. The maximum Gasteiger partial charge on any atom is 0.393 e. The Morgan fingerprint density at radius 1 is 1.31 bits per heavy atom. The summed E-state index contributed by atoms with van der Waals surface area (Å²) in [4.78, 5) is 0. The molecule has 0 aromatic carbocycles. The van der Waals surface area contributed by atoms with Crippen molar-refractivity contribution in [2.24, 2.45) is 11.7 Å². The second kappa shape index (κ2) is 4.33. The van der Waals surface area contributed by atoms with Crippen molar-refractivity contribution in [3.63, 3.8) is 0 Å². The molecule has 0 amide bonds. The molecule has 1 aliphatic heterocycles. The van der Waals surface area contributed by atoms with E-state index in [1.165, 1.54) is 0 Å². The molecular weight excluding hydrogens is 245 g/mol. The van der Waals surface area contributed by atoms with Crippen LogP contribution >= 0.6 is 11.6 Å². The van der Waals surface area contributed by atoms with Gasteiger partial charge in [-0.2, -0.15) is 13.2 Å². The van der Waals surface area contributed by atoms with Gasteiger partial charge in [-0.3, -0.25) is 5.32 Å². The molecule has 2 aliphatic rings. The average molecular weight is 259 g/mol. The van der Waals surface area contributed by atoms with Gasteiger partial charge in [0, 0.05) is 11.4 Å². The molecule has 3 N–H and O–H groups in total. The minimum atomic E-state index is -4.22. The molecule has 5 unspecified atom stereocenters. The van der Waals surface area contributed by atoms with Crippen molar-refractivity contribution < 1.29 is 17.9 Å². The molecule has 5 atom stereocenters. The summed E-state index contributed by atoms with van der Waals surface area (Å²) in [7, 11) is 0. The molecule has 1 heterocycles. The molecule has 1 saturated carbocycles. The van der Waals surface area contributed by atoms with Crippen LogP contribution in [0.15, 0.2) is 0 Å². The zero-order valence-electron chi connectivity index (χ0n) is 8.51. The van der Waals surface area contributed by atoms with Crippen molar-refractivity contribution in [3.8, 4) is 0 Å². The highest BCUT2D eigenvalue weighted by molar-refractivity contribution is 6.20. The lowest BCUT2D eigenvalue weighted by molar-refractivity contribution is -0.182. The molecule has 1 saturated heterocycles. The molecule has 0 aromatic rings. The van der Waals surface area contributed by atoms with Crippen molar-refractivity contribution in [2.45, 2.75) is 49.3 Å². The molecule has 1 aliphatic carbocycles. The van der Waals surface area contributed by atoms with Gasteiger partial charge in [-0.25, -0.2) is 0 Å². The molecule has 2 fully saturated rings. The fraction of sp³-hybridized carbons (Fsp3) is 1.00. The highest BCUT2D eigenvalue weighted by Crippen LogP contribution is 2.40. The van der Waals surface area contributed by atoms with Crippen LogP contribution in [0.1, 0.15) is 19.3 Å². The highest BCUT2D eigenvalue weighted by atomic mass is 35.5. The Hall–Kier alpha value is -0.0400. The predicted octanol–water partition coefficient (Wildman–Crippen LogP) is 1.56. The predicted molar refractivity (Wildman–Crippen MR) is 52.8 cm³/mol. The molecule has 0 bridgehead atoms. The summed E-state index contributed by atoms with van der Waals surface area (Å²) in [6, 6.07) is -0.208. The number of hydrogen-bond donors (Lipinski definition) is 2. The largest absolute Gasteiger partial charge is 0.393 e. The smallest absolute Gasteiger partial charge is 0.337 e. The van der Waals surface area contributed by atoms with Crippen LogP contribution in [0.3, 0.4) is 0 Å². The SMILES string of the molecule is NC1OC1NC1CCC(Cl)C(C(F)(F)F)C1. The first kappa shape index (κ1) is 12.4. The van der Waals surface area contributed by atoms with Crippen LogP contribution in [0.5, 0.6) is 0 Å². The Morgan fingerprint density at radius 2 is 1.94 bits per heavy atom. The minimum Gasteiger partial charge on any atom is -0.337 e. The monoisotopic (exact) mass is 258 g/mol. The Bertz CT molecular complexity index is 264. The maximum atomic E-state index is 12.6. The van der Waals surface area contributed by atoms with Crippen LogP contribution in [-0.2, 0) is 4.74 Å². The van der Waals surface area contributed by atoms with E-state index in [0.717, 1.165) is 0 Å². The van der Waals surface area contributed by atoms with E-state index in [2.05, 4.69) is 5.32 Å². The van der Waals surface area contributed by atoms with Crippen LogP contribution in [0.25, 0.3) is 0 Å². The van der Waals surface area contributed by atoms with E-state index in [4.69, 9.17) is 22.1 Å². The fourth-order valence-electron chi connectivity index (χ4n) is 2.11. The Morgan fingerprint density at radius 3 is 2.44 bits per heavy atom. The van der Waals surface area contributed by atoms with Crippen LogP contribution in [0.4, 0.5) is 13.2 Å². The summed E-state index contributed by atoms with van der Waals surface area (Å²) >= 11 is 5.71. The molecular formula is C9H14ClF3N2O. The highest BCUT2D eigenvalue weighted by Gasteiger charge is 2.48. The van der Waals surface area contributed by atoms with Gasteiger partial charge in [0.2, 0.25) is 0 Å².